The quantitative estimate of drug-likeness (QED) is 0.718. The number of amides is 1. The third-order valence-electron chi connectivity index (χ3n) is 3.46. The Hall–Kier alpha value is -2.05. The van der Waals surface area contributed by atoms with Gasteiger partial charge in [0.2, 0.25) is 0 Å². The number of halogens is 1. The number of carbonyl (C=O) groups excluding carboxylic acids is 1. The summed E-state index contributed by atoms with van der Waals surface area (Å²) in [6.45, 7) is 1.96. The van der Waals surface area contributed by atoms with Gasteiger partial charge in [-0.1, -0.05) is 62.9 Å². The molecule has 0 bridgehead atoms. The summed E-state index contributed by atoms with van der Waals surface area (Å²) in [5.41, 5.74) is 2.54. The average Bonchev–Trinajstić information content (AvgIpc) is 3.06. The molecule has 3 aromatic rings. The summed E-state index contributed by atoms with van der Waals surface area (Å²) < 4.78 is 4.92. The molecule has 2 aromatic carbocycles. The zero-order valence-electron chi connectivity index (χ0n) is 12.4. The third kappa shape index (κ3) is 3.65. The maximum Gasteiger partial charge on any atom is 0.265 e. The highest BCUT2D eigenvalue weighted by molar-refractivity contribution is 9.10. The van der Waals surface area contributed by atoms with Crippen molar-refractivity contribution in [3.63, 3.8) is 0 Å². The van der Waals surface area contributed by atoms with Crippen molar-refractivity contribution in [2.24, 2.45) is 0 Å². The van der Waals surface area contributed by atoms with Crippen LogP contribution in [0.3, 0.4) is 0 Å². The highest BCUT2D eigenvalue weighted by atomic mass is 79.9. The molecule has 4 nitrogen and oxygen atoms in total. The van der Waals surface area contributed by atoms with Gasteiger partial charge < -0.3 is 5.32 Å². The first-order valence-electron chi connectivity index (χ1n) is 7.09. The Morgan fingerprint density at radius 1 is 1.13 bits per heavy atom. The summed E-state index contributed by atoms with van der Waals surface area (Å²) in [5.74, 6) is -0.158. The van der Waals surface area contributed by atoms with Crippen LogP contribution >= 0.6 is 27.5 Å². The van der Waals surface area contributed by atoms with E-state index in [1.165, 1.54) is 0 Å². The van der Waals surface area contributed by atoms with Crippen LogP contribution in [0.2, 0.25) is 0 Å². The number of nitrogens with one attached hydrogen (secondary N) is 1. The van der Waals surface area contributed by atoms with Gasteiger partial charge in [0.1, 0.15) is 10.6 Å². The number of carbonyl (C=O) groups is 1. The van der Waals surface area contributed by atoms with E-state index in [2.05, 4.69) is 30.8 Å². The zero-order valence-corrected chi connectivity index (χ0v) is 14.8. The molecule has 0 aliphatic heterocycles. The summed E-state index contributed by atoms with van der Waals surface area (Å²) in [4.78, 5) is 13.1. The van der Waals surface area contributed by atoms with Crippen molar-refractivity contribution in [2.75, 3.05) is 0 Å². The minimum Gasteiger partial charge on any atom is -0.345 e. The van der Waals surface area contributed by atoms with Gasteiger partial charge in [-0.15, -0.1) is 5.10 Å². The molecule has 0 aliphatic carbocycles. The SMILES string of the molecule is C[C@H](NC(=O)c1snnc1-c1ccc(Br)cc1)c1ccccc1. The number of benzene rings is 2. The molecular formula is C17H14BrN3OS. The Balaban J connectivity index is 1.81. The van der Waals surface area contributed by atoms with Crippen LogP contribution in [0.1, 0.15) is 28.2 Å². The van der Waals surface area contributed by atoms with Gasteiger partial charge in [0.25, 0.3) is 5.91 Å². The van der Waals surface area contributed by atoms with E-state index in [9.17, 15) is 4.79 Å². The molecule has 0 fully saturated rings. The first-order chi connectivity index (χ1) is 11.1. The zero-order chi connectivity index (χ0) is 16.2. The van der Waals surface area contributed by atoms with Gasteiger partial charge in [0, 0.05) is 10.0 Å². The lowest BCUT2D eigenvalue weighted by Crippen LogP contribution is -2.26. The summed E-state index contributed by atoms with van der Waals surface area (Å²) >= 11 is 4.51. The van der Waals surface area contributed by atoms with Crippen LogP contribution in [-0.2, 0) is 0 Å². The summed E-state index contributed by atoms with van der Waals surface area (Å²) in [5, 5.41) is 7.11. The van der Waals surface area contributed by atoms with Crippen molar-refractivity contribution in [1.82, 2.24) is 14.9 Å². The molecule has 0 saturated carbocycles. The van der Waals surface area contributed by atoms with Crippen molar-refractivity contribution < 1.29 is 4.79 Å². The van der Waals surface area contributed by atoms with Crippen molar-refractivity contribution in [2.45, 2.75) is 13.0 Å². The van der Waals surface area contributed by atoms with Gasteiger partial charge >= 0.3 is 0 Å². The highest BCUT2D eigenvalue weighted by Gasteiger charge is 2.19. The Bertz CT molecular complexity index is 802. The molecule has 6 heteroatoms. The van der Waals surface area contributed by atoms with Crippen molar-refractivity contribution in [3.05, 3.63) is 69.5 Å². The molecule has 0 saturated heterocycles. The predicted octanol–water partition coefficient (Wildman–Crippen LogP) is 4.46. The molecule has 0 radical (unpaired) electrons. The summed E-state index contributed by atoms with van der Waals surface area (Å²) in [6.07, 6.45) is 0. The van der Waals surface area contributed by atoms with Crippen LogP contribution < -0.4 is 5.32 Å². The van der Waals surface area contributed by atoms with E-state index in [1.54, 1.807) is 0 Å². The molecule has 1 amide bonds. The summed E-state index contributed by atoms with van der Waals surface area (Å²) in [6, 6.07) is 17.4. The Labute approximate surface area is 146 Å². The second-order valence-electron chi connectivity index (χ2n) is 5.06. The van der Waals surface area contributed by atoms with Crippen LogP contribution in [0.15, 0.2) is 59.1 Å². The molecule has 23 heavy (non-hydrogen) atoms. The molecule has 1 heterocycles. The minimum atomic E-state index is -0.158. The lowest BCUT2D eigenvalue weighted by atomic mass is 10.1. The molecular weight excluding hydrogens is 374 g/mol. The topological polar surface area (TPSA) is 54.9 Å². The average molecular weight is 388 g/mol. The van der Waals surface area contributed by atoms with E-state index < -0.39 is 0 Å². The molecule has 3 rings (SSSR count). The number of rotatable bonds is 4. The first-order valence-corrected chi connectivity index (χ1v) is 8.66. The number of hydrogen-bond donors (Lipinski definition) is 1. The van der Waals surface area contributed by atoms with E-state index in [0.717, 1.165) is 27.1 Å². The molecule has 1 aromatic heterocycles. The molecule has 1 atom stereocenters. The maximum absolute atomic E-state index is 12.6. The fourth-order valence-electron chi connectivity index (χ4n) is 2.22. The second-order valence-corrected chi connectivity index (χ2v) is 6.73. The van der Waals surface area contributed by atoms with Gasteiger partial charge in [0.05, 0.1) is 6.04 Å². The Morgan fingerprint density at radius 2 is 1.83 bits per heavy atom. The normalized spacial score (nSPS) is 11.9. The van der Waals surface area contributed by atoms with Crippen molar-refractivity contribution in [3.8, 4) is 11.3 Å². The van der Waals surface area contributed by atoms with Gasteiger partial charge in [-0.05, 0) is 36.2 Å². The smallest absolute Gasteiger partial charge is 0.265 e. The predicted molar refractivity (Wildman–Crippen MR) is 95.4 cm³/mol. The maximum atomic E-state index is 12.6. The summed E-state index contributed by atoms with van der Waals surface area (Å²) in [7, 11) is 0. The lowest BCUT2D eigenvalue weighted by molar-refractivity contribution is 0.0944. The van der Waals surface area contributed by atoms with E-state index in [4.69, 9.17) is 0 Å². The fourth-order valence-corrected chi connectivity index (χ4v) is 3.08. The second kappa shape index (κ2) is 7.02. The van der Waals surface area contributed by atoms with Crippen LogP contribution in [0.25, 0.3) is 11.3 Å². The number of aromatic nitrogens is 2. The molecule has 0 unspecified atom stereocenters. The van der Waals surface area contributed by atoms with E-state index in [-0.39, 0.29) is 11.9 Å². The first kappa shape index (κ1) is 15.8. The molecule has 0 aliphatic rings. The molecule has 116 valence electrons. The lowest BCUT2D eigenvalue weighted by Gasteiger charge is -2.13. The van der Waals surface area contributed by atoms with E-state index >= 15 is 0 Å². The Morgan fingerprint density at radius 3 is 2.52 bits per heavy atom. The van der Waals surface area contributed by atoms with Crippen LogP contribution in [0.5, 0.6) is 0 Å². The standard InChI is InChI=1S/C17H14BrN3OS/c1-11(12-5-3-2-4-6-12)19-17(22)16-15(20-21-23-16)13-7-9-14(18)10-8-13/h2-11H,1H3,(H,19,22)/t11-/m0/s1. The molecule has 0 spiro atoms. The Kier molecular flexibility index (Phi) is 4.83. The van der Waals surface area contributed by atoms with Gasteiger partial charge in [0.15, 0.2) is 0 Å². The van der Waals surface area contributed by atoms with Crippen molar-refractivity contribution >= 4 is 33.4 Å². The van der Waals surface area contributed by atoms with Gasteiger partial charge in [-0.25, -0.2) is 0 Å². The van der Waals surface area contributed by atoms with Gasteiger partial charge in [-0.2, -0.15) is 0 Å². The van der Waals surface area contributed by atoms with E-state index in [0.29, 0.717) is 10.6 Å². The third-order valence-corrected chi connectivity index (χ3v) is 4.71. The fraction of sp³-hybridized carbons (Fsp3) is 0.118. The van der Waals surface area contributed by atoms with Crippen LogP contribution in [-0.4, -0.2) is 15.5 Å². The van der Waals surface area contributed by atoms with Crippen molar-refractivity contribution in [1.29, 1.82) is 0 Å². The monoisotopic (exact) mass is 387 g/mol. The van der Waals surface area contributed by atoms with Crippen LogP contribution in [0.4, 0.5) is 0 Å². The highest BCUT2D eigenvalue weighted by Crippen LogP contribution is 2.26. The minimum absolute atomic E-state index is 0.0800. The molecule has 1 N–H and O–H groups in total. The number of hydrogen-bond acceptors (Lipinski definition) is 4. The van der Waals surface area contributed by atoms with E-state index in [1.807, 2.05) is 61.5 Å². The number of nitrogens with zero attached hydrogens (tertiary/aromatic N) is 2. The van der Waals surface area contributed by atoms with Gasteiger partial charge in [-0.3, -0.25) is 4.79 Å². The van der Waals surface area contributed by atoms with Crippen LogP contribution in [0, 0.1) is 0 Å². The largest absolute Gasteiger partial charge is 0.345 e.